The second kappa shape index (κ2) is 6.50. The van der Waals surface area contributed by atoms with Gasteiger partial charge in [-0.15, -0.1) is 11.8 Å². The van der Waals surface area contributed by atoms with Gasteiger partial charge in [-0.25, -0.2) is 4.79 Å². The molecular formula is C13H17ClN2O2S. The molecule has 1 fully saturated rings. The van der Waals surface area contributed by atoms with Crippen LogP contribution in [0.2, 0.25) is 5.02 Å². The van der Waals surface area contributed by atoms with E-state index in [1.807, 2.05) is 18.4 Å². The molecule has 0 spiro atoms. The van der Waals surface area contributed by atoms with Crippen molar-refractivity contribution in [3.8, 4) is 0 Å². The molecule has 0 aliphatic carbocycles. The van der Waals surface area contributed by atoms with Gasteiger partial charge in [-0.3, -0.25) is 0 Å². The molecule has 0 bridgehead atoms. The fourth-order valence-electron chi connectivity index (χ4n) is 2.23. The van der Waals surface area contributed by atoms with Gasteiger partial charge in [0.2, 0.25) is 0 Å². The number of thioether (sulfide) groups is 1. The standard InChI is InChI=1S/C13H17ClN2O2S/c1-19-12-5-4-9(7-11(12)14)15-13(18)16-6-2-3-10(16)8-17/h4-5,7,10,17H,2-3,6,8H2,1H3,(H,15,18). The summed E-state index contributed by atoms with van der Waals surface area (Å²) in [6.45, 7) is 0.702. The van der Waals surface area contributed by atoms with Gasteiger partial charge >= 0.3 is 6.03 Å². The quantitative estimate of drug-likeness (QED) is 0.844. The number of benzene rings is 1. The summed E-state index contributed by atoms with van der Waals surface area (Å²) in [5.41, 5.74) is 0.677. The van der Waals surface area contributed by atoms with E-state index >= 15 is 0 Å². The molecule has 1 aromatic carbocycles. The number of rotatable bonds is 3. The Kier molecular flexibility index (Phi) is 4.96. The van der Waals surface area contributed by atoms with Crippen molar-refractivity contribution in [3.63, 3.8) is 0 Å². The molecule has 2 N–H and O–H groups in total. The summed E-state index contributed by atoms with van der Waals surface area (Å²) in [7, 11) is 0. The lowest BCUT2D eigenvalue weighted by molar-refractivity contribution is 0.166. The van der Waals surface area contributed by atoms with Gasteiger partial charge in [0.25, 0.3) is 0 Å². The molecule has 1 atom stereocenters. The van der Waals surface area contributed by atoms with E-state index in [2.05, 4.69) is 5.32 Å². The highest BCUT2D eigenvalue weighted by molar-refractivity contribution is 7.98. The van der Waals surface area contributed by atoms with Crippen LogP contribution >= 0.6 is 23.4 Å². The molecule has 2 amide bonds. The summed E-state index contributed by atoms with van der Waals surface area (Å²) < 4.78 is 0. The Hall–Kier alpha value is -0.910. The second-order valence-electron chi connectivity index (χ2n) is 4.45. The maximum Gasteiger partial charge on any atom is 0.322 e. The fourth-order valence-corrected chi connectivity index (χ4v) is 3.10. The van der Waals surface area contributed by atoms with Gasteiger partial charge in [0, 0.05) is 17.1 Å². The van der Waals surface area contributed by atoms with Crippen molar-refractivity contribution >= 4 is 35.1 Å². The van der Waals surface area contributed by atoms with E-state index in [9.17, 15) is 9.90 Å². The van der Waals surface area contributed by atoms with Crippen LogP contribution in [0.1, 0.15) is 12.8 Å². The zero-order valence-corrected chi connectivity index (χ0v) is 12.3. The predicted octanol–water partition coefficient (Wildman–Crippen LogP) is 3.05. The van der Waals surface area contributed by atoms with Crippen molar-refractivity contribution < 1.29 is 9.90 Å². The summed E-state index contributed by atoms with van der Waals surface area (Å²) in [5, 5.41) is 12.7. The van der Waals surface area contributed by atoms with Crippen molar-refractivity contribution in [2.45, 2.75) is 23.8 Å². The summed E-state index contributed by atoms with van der Waals surface area (Å²) in [5.74, 6) is 0. The normalized spacial score (nSPS) is 18.7. The van der Waals surface area contributed by atoms with Crippen molar-refractivity contribution in [1.82, 2.24) is 4.90 Å². The minimum absolute atomic E-state index is 0.0135. The minimum atomic E-state index is -0.176. The van der Waals surface area contributed by atoms with E-state index in [4.69, 9.17) is 11.6 Å². The van der Waals surface area contributed by atoms with Crippen molar-refractivity contribution in [1.29, 1.82) is 0 Å². The first-order valence-corrected chi connectivity index (χ1v) is 7.78. The highest BCUT2D eigenvalue weighted by Gasteiger charge is 2.28. The second-order valence-corrected chi connectivity index (χ2v) is 5.71. The number of aliphatic hydroxyl groups excluding tert-OH is 1. The van der Waals surface area contributed by atoms with Crippen molar-refractivity contribution in [3.05, 3.63) is 23.2 Å². The third-order valence-electron chi connectivity index (χ3n) is 3.25. The number of aliphatic hydroxyl groups is 1. The van der Waals surface area contributed by atoms with Gasteiger partial charge in [0.1, 0.15) is 0 Å². The van der Waals surface area contributed by atoms with Crippen molar-refractivity contribution in [2.24, 2.45) is 0 Å². The number of carbonyl (C=O) groups is 1. The van der Waals surface area contributed by atoms with Crippen LogP contribution in [0.3, 0.4) is 0 Å². The molecule has 0 aromatic heterocycles. The Morgan fingerprint density at radius 3 is 3.05 bits per heavy atom. The maximum absolute atomic E-state index is 12.1. The molecule has 6 heteroatoms. The summed E-state index contributed by atoms with van der Waals surface area (Å²) in [6, 6.07) is 5.22. The summed E-state index contributed by atoms with van der Waals surface area (Å²) >= 11 is 7.67. The number of carbonyl (C=O) groups excluding carboxylic acids is 1. The van der Waals surface area contributed by atoms with Crippen LogP contribution in [0.25, 0.3) is 0 Å². The van der Waals surface area contributed by atoms with E-state index in [-0.39, 0.29) is 18.7 Å². The molecule has 0 radical (unpaired) electrons. The fraction of sp³-hybridized carbons (Fsp3) is 0.462. The largest absolute Gasteiger partial charge is 0.394 e. The monoisotopic (exact) mass is 300 g/mol. The van der Waals surface area contributed by atoms with Crippen molar-refractivity contribution in [2.75, 3.05) is 24.7 Å². The van der Waals surface area contributed by atoms with E-state index < -0.39 is 0 Å². The number of hydrogen-bond donors (Lipinski definition) is 2. The van der Waals surface area contributed by atoms with Crippen LogP contribution in [-0.2, 0) is 0 Å². The number of amides is 2. The van der Waals surface area contributed by atoms with E-state index in [1.165, 1.54) is 0 Å². The molecule has 1 aliphatic rings. The van der Waals surface area contributed by atoms with E-state index in [0.717, 1.165) is 17.7 Å². The lowest BCUT2D eigenvalue weighted by Crippen LogP contribution is -2.40. The Bertz CT molecular complexity index is 470. The predicted molar refractivity (Wildman–Crippen MR) is 79.1 cm³/mol. The first-order valence-electron chi connectivity index (χ1n) is 6.17. The molecular weight excluding hydrogens is 284 g/mol. The Labute approximate surface area is 122 Å². The van der Waals surface area contributed by atoms with Gasteiger partial charge in [0.15, 0.2) is 0 Å². The highest BCUT2D eigenvalue weighted by atomic mass is 35.5. The average Bonchev–Trinajstić information content (AvgIpc) is 2.87. The maximum atomic E-state index is 12.1. The lowest BCUT2D eigenvalue weighted by atomic mass is 10.2. The number of hydrogen-bond acceptors (Lipinski definition) is 3. The number of nitrogens with one attached hydrogen (secondary N) is 1. The third kappa shape index (κ3) is 3.35. The summed E-state index contributed by atoms with van der Waals surface area (Å²) in [4.78, 5) is 14.8. The van der Waals surface area contributed by atoms with Gasteiger partial charge in [0.05, 0.1) is 17.7 Å². The third-order valence-corrected chi connectivity index (χ3v) is 4.47. The van der Waals surface area contributed by atoms with Gasteiger partial charge < -0.3 is 15.3 Å². The van der Waals surface area contributed by atoms with Gasteiger partial charge in [-0.05, 0) is 37.3 Å². The van der Waals surface area contributed by atoms with Gasteiger partial charge in [-0.2, -0.15) is 0 Å². The molecule has 1 unspecified atom stereocenters. The molecule has 0 saturated carbocycles. The number of halogens is 1. The molecule has 2 rings (SSSR count). The lowest BCUT2D eigenvalue weighted by Gasteiger charge is -2.23. The average molecular weight is 301 g/mol. The van der Waals surface area contributed by atoms with Crippen LogP contribution in [0.4, 0.5) is 10.5 Å². The first-order chi connectivity index (χ1) is 9.15. The summed E-state index contributed by atoms with van der Waals surface area (Å²) in [6.07, 6.45) is 3.75. The van der Waals surface area contributed by atoms with Crippen LogP contribution < -0.4 is 5.32 Å². The topological polar surface area (TPSA) is 52.6 Å². The Morgan fingerprint density at radius 2 is 2.42 bits per heavy atom. The SMILES string of the molecule is CSc1ccc(NC(=O)N2CCCC2CO)cc1Cl. The van der Waals surface area contributed by atoms with Gasteiger partial charge in [-0.1, -0.05) is 11.6 Å². The van der Waals surface area contributed by atoms with Crippen LogP contribution in [0.15, 0.2) is 23.1 Å². The Morgan fingerprint density at radius 1 is 1.63 bits per heavy atom. The number of nitrogens with zero attached hydrogens (tertiary/aromatic N) is 1. The van der Waals surface area contributed by atoms with E-state index in [1.54, 1.807) is 22.7 Å². The zero-order valence-electron chi connectivity index (χ0n) is 10.7. The van der Waals surface area contributed by atoms with Crippen LogP contribution in [0.5, 0.6) is 0 Å². The smallest absolute Gasteiger partial charge is 0.322 e. The first kappa shape index (κ1) is 14.5. The number of urea groups is 1. The van der Waals surface area contributed by atoms with E-state index in [0.29, 0.717) is 17.3 Å². The highest BCUT2D eigenvalue weighted by Crippen LogP contribution is 2.28. The Balaban J connectivity index is 2.04. The minimum Gasteiger partial charge on any atom is -0.394 e. The molecule has 4 nitrogen and oxygen atoms in total. The zero-order chi connectivity index (χ0) is 13.8. The molecule has 19 heavy (non-hydrogen) atoms. The number of likely N-dealkylation sites (tertiary alicyclic amines) is 1. The van der Waals surface area contributed by atoms with Crippen LogP contribution in [-0.4, -0.2) is 41.5 Å². The molecule has 1 heterocycles. The van der Waals surface area contributed by atoms with Crippen LogP contribution in [0, 0.1) is 0 Å². The molecule has 104 valence electrons. The number of anilines is 1. The molecule has 1 saturated heterocycles. The molecule has 1 aromatic rings. The molecule has 1 aliphatic heterocycles.